The standard InChI is InChI=1S/C10H22N2O3/c1-7(2)15-6-9(13)5-12-8(3)4-10(11)14/h7-9,12-13H,4-6H2,1-3H3,(H2,11,14). The van der Waals surface area contributed by atoms with Gasteiger partial charge >= 0.3 is 0 Å². The molecule has 4 N–H and O–H groups in total. The van der Waals surface area contributed by atoms with E-state index < -0.39 is 6.10 Å². The van der Waals surface area contributed by atoms with Crippen LogP contribution in [0.15, 0.2) is 0 Å². The third kappa shape index (κ3) is 9.65. The Labute approximate surface area is 91.0 Å². The van der Waals surface area contributed by atoms with Gasteiger partial charge in [-0.05, 0) is 20.8 Å². The molecule has 0 aliphatic carbocycles. The van der Waals surface area contributed by atoms with E-state index in [0.29, 0.717) is 13.2 Å². The van der Waals surface area contributed by atoms with Gasteiger partial charge in [-0.3, -0.25) is 4.79 Å². The Bertz CT molecular complexity index is 186. The number of ether oxygens (including phenoxy) is 1. The molecule has 5 heteroatoms. The molecule has 0 aromatic carbocycles. The summed E-state index contributed by atoms with van der Waals surface area (Å²) in [5.74, 6) is -0.345. The van der Waals surface area contributed by atoms with Crippen LogP contribution in [0.25, 0.3) is 0 Å². The van der Waals surface area contributed by atoms with Crippen molar-refractivity contribution in [1.29, 1.82) is 0 Å². The number of carbonyl (C=O) groups excluding carboxylic acids is 1. The molecule has 0 aliphatic rings. The summed E-state index contributed by atoms with van der Waals surface area (Å²) < 4.78 is 5.24. The molecule has 0 spiro atoms. The summed E-state index contributed by atoms with van der Waals surface area (Å²) >= 11 is 0. The topological polar surface area (TPSA) is 84.6 Å². The second-order valence-electron chi connectivity index (χ2n) is 4.02. The minimum Gasteiger partial charge on any atom is -0.389 e. The summed E-state index contributed by atoms with van der Waals surface area (Å²) in [6.07, 6.45) is -0.164. The van der Waals surface area contributed by atoms with Gasteiger partial charge in [0.1, 0.15) is 0 Å². The second kappa shape index (κ2) is 7.62. The zero-order valence-electron chi connectivity index (χ0n) is 9.69. The second-order valence-corrected chi connectivity index (χ2v) is 4.02. The van der Waals surface area contributed by atoms with Crippen LogP contribution in [0.3, 0.4) is 0 Å². The van der Waals surface area contributed by atoms with Gasteiger partial charge < -0.3 is 20.9 Å². The molecule has 0 fully saturated rings. The van der Waals surface area contributed by atoms with Crippen LogP contribution in [0.5, 0.6) is 0 Å². The van der Waals surface area contributed by atoms with Crippen LogP contribution in [0.4, 0.5) is 0 Å². The van der Waals surface area contributed by atoms with Crippen LogP contribution in [0, 0.1) is 0 Å². The largest absolute Gasteiger partial charge is 0.389 e. The van der Waals surface area contributed by atoms with Crippen LogP contribution in [0.1, 0.15) is 27.2 Å². The molecular weight excluding hydrogens is 196 g/mol. The number of nitrogens with two attached hydrogens (primary N) is 1. The van der Waals surface area contributed by atoms with Crippen molar-refractivity contribution in [3.8, 4) is 0 Å². The first-order valence-electron chi connectivity index (χ1n) is 5.23. The molecule has 90 valence electrons. The molecule has 0 saturated heterocycles. The fraction of sp³-hybridized carbons (Fsp3) is 0.900. The van der Waals surface area contributed by atoms with Crippen LogP contribution >= 0.6 is 0 Å². The minimum atomic E-state index is -0.553. The molecule has 0 radical (unpaired) electrons. The summed E-state index contributed by atoms with van der Waals surface area (Å²) in [5, 5.41) is 12.5. The fourth-order valence-electron chi connectivity index (χ4n) is 1.07. The van der Waals surface area contributed by atoms with Gasteiger partial charge in [-0.2, -0.15) is 0 Å². The number of primary amides is 1. The first kappa shape index (κ1) is 14.3. The fourth-order valence-corrected chi connectivity index (χ4v) is 1.07. The summed E-state index contributed by atoms with van der Waals surface area (Å²) in [5.41, 5.74) is 5.03. The van der Waals surface area contributed by atoms with E-state index in [-0.39, 0.29) is 24.5 Å². The Morgan fingerprint density at radius 1 is 1.47 bits per heavy atom. The monoisotopic (exact) mass is 218 g/mol. The number of aliphatic hydroxyl groups excluding tert-OH is 1. The van der Waals surface area contributed by atoms with E-state index in [1.165, 1.54) is 0 Å². The number of rotatable bonds is 8. The molecule has 0 saturated carbocycles. The lowest BCUT2D eigenvalue weighted by Crippen LogP contribution is -2.38. The van der Waals surface area contributed by atoms with Crippen LogP contribution in [0.2, 0.25) is 0 Å². The van der Waals surface area contributed by atoms with E-state index in [0.717, 1.165) is 0 Å². The van der Waals surface area contributed by atoms with Crippen LogP contribution in [-0.4, -0.2) is 42.4 Å². The van der Waals surface area contributed by atoms with Gasteiger partial charge in [-0.1, -0.05) is 0 Å². The zero-order chi connectivity index (χ0) is 11.8. The minimum absolute atomic E-state index is 0.0174. The predicted molar refractivity (Wildman–Crippen MR) is 58.4 cm³/mol. The van der Waals surface area contributed by atoms with Crippen molar-refractivity contribution in [3.05, 3.63) is 0 Å². The molecule has 0 aromatic rings. The molecule has 0 aromatic heterocycles. The smallest absolute Gasteiger partial charge is 0.218 e. The maximum atomic E-state index is 10.6. The molecule has 0 rings (SSSR count). The number of nitrogens with one attached hydrogen (secondary N) is 1. The van der Waals surface area contributed by atoms with Crippen molar-refractivity contribution < 1.29 is 14.6 Å². The summed E-state index contributed by atoms with van der Waals surface area (Å²) in [6.45, 7) is 6.38. The third-order valence-corrected chi connectivity index (χ3v) is 1.83. The summed E-state index contributed by atoms with van der Waals surface area (Å²) in [6, 6.07) is -0.0174. The van der Waals surface area contributed by atoms with Gasteiger partial charge in [0.15, 0.2) is 0 Å². The first-order chi connectivity index (χ1) is 6.91. The van der Waals surface area contributed by atoms with Crippen molar-refractivity contribution in [2.75, 3.05) is 13.2 Å². The van der Waals surface area contributed by atoms with E-state index in [1.807, 2.05) is 20.8 Å². The van der Waals surface area contributed by atoms with Gasteiger partial charge in [0.25, 0.3) is 0 Å². The Balaban J connectivity index is 3.52. The lowest BCUT2D eigenvalue weighted by atomic mass is 10.2. The van der Waals surface area contributed by atoms with E-state index in [2.05, 4.69) is 5.32 Å². The first-order valence-corrected chi connectivity index (χ1v) is 5.23. The quantitative estimate of drug-likeness (QED) is 0.519. The highest BCUT2D eigenvalue weighted by Gasteiger charge is 2.09. The predicted octanol–water partition coefficient (Wildman–Crippen LogP) is -0.374. The van der Waals surface area contributed by atoms with Crippen molar-refractivity contribution in [3.63, 3.8) is 0 Å². The SMILES string of the molecule is CC(CC(N)=O)NCC(O)COC(C)C. The Kier molecular flexibility index (Phi) is 7.29. The molecule has 2 atom stereocenters. The molecule has 1 amide bonds. The van der Waals surface area contributed by atoms with Crippen LogP contribution < -0.4 is 11.1 Å². The number of hydrogen-bond donors (Lipinski definition) is 3. The maximum Gasteiger partial charge on any atom is 0.218 e. The molecule has 5 nitrogen and oxygen atoms in total. The number of amides is 1. The average Bonchev–Trinajstić information content (AvgIpc) is 2.10. The van der Waals surface area contributed by atoms with Gasteiger partial charge in [0.2, 0.25) is 5.91 Å². The van der Waals surface area contributed by atoms with Crippen molar-refractivity contribution in [1.82, 2.24) is 5.32 Å². The highest BCUT2D eigenvalue weighted by Crippen LogP contribution is 1.93. The lowest BCUT2D eigenvalue weighted by molar-refractivity contribution is -0.118. The highest BCUT2D eigenvalue weighted by molar-refractivity contribution is 5.74. The lowest BCUT2D eigenvalue weighted by Gasteiger charge is -2.17. The normalized spacial score (nSPS) is 15.3. The Morgan fingerprint density at radius 3 is 2.53 bits per heavy atom. The van der Waals surface area contributed by atoms with Gasteiger partial charge in [-0.15, -0.1) is 0 Å². The van der Waals surface area contributed by atoms with Crippen molar-refractivity contribution >= 4 is 5.91 Å². The van der Waals surface area contributed by atoms with Gasteiger partial charge in [0, 0.05) is 19.0 Å². The summed E-state index contributed by atoms with van der Waals surface area (Å²) in [7, 11) is 0. The van der Waals surface area contributed by atoms with Gasteiger partial charge in [0.05, 0.1) is 18.8 Å². The number of carbonyl (C=O) groups is 1. The van der Waals surface area contributed by atoms with E-state index in [1.54, 1.807) is 0 Å². The number of aliphatic hydroxyl groups is 1. The molecule has 2 unspecified atom stereocenters. The summed E-state index contributed by atoms with van der Waals surface area (Å²) in [4.78, 5) is 10.6. The highest BCUT2D eigenvalue weighted by atomic mass is 16.5. The molecular formula is C10H22N2O3. The molecule has 0 aliphatic heterocycles. The van der Waals surface area contributed by atoms with Crippen molar-refractivity contribution in [2.24, 2.45) is 5.73 Å². The average molecular weight is 218 g/mol. The molecule has 15 heavy (non-hydrogen) atoms. The third-order valence-electron chi connectivity index (χ3n) is 1.83. The maximum absolute atomic E-state index is 10.6. The van der Waals surface area contributed by atoms with E-state index in [4.69, 9.17) is 10.5 Å². The van der Waals surface area contributed by atoms with Gasteiger partial charge in [-0.25, -0.2) is 0 Å². The van der Waals surface area contributed by atoms with E-state index in [9.17, 15) is 9.90 Å². The zero-order valence-corrected chi connectivity index (χ0v) is 9.69. The molecule has 0 heterocycles. The van der Waals surface area contributed by atoms with E-state index >= 15 is 0 Å². The Hall–Kier alpha value is -0.650. The number of hydrogen-bond acceptors (Lipinski definition) is 4. The Morgan fingerprint density at radius 2 is 2.07 bits per heavy atom. The molecule has 0 bridgehead atoms. The van der Waals surface area contributed by atoms with Crippen LogP contribution in [-0.2, 0) is 9.53 Å². The van der Waals surface area contributed by atoms with Crippen molar-refractivity contribution in [2.45, 2.75) is 45.4 Å².